The van der Waals surface area contributed by atoms with Crippen molar-refractivity contribution in [2.24, 2.45) is 33.0 Å². The van der Waals surface area contributed by atoms with E-state index < -0.39 is 18.4 Å². The van der Waals surface area contributed by atoms with E-state index in [1.165, 1.54) is 6.08 Å². The predicted octanol–water partition coefficient (Wildman–Crippen LogP) is 6.09. The molecule has 2 aromatic rings. The lowest BCUT2D eigenvalue weighted by Gasteiger charge is -2.32. The molecule has 256 valence electrons. The number of nitrogens with zero attached hydrogens (tertiary/aromatic N) is 3. The summed E-state index contributed by atoms with van der Waals surface area (Å²) in [4.78, 5) is 47.9. The number of halogens is 1. The number of alkyl halides is 1. The predicted molar refractivity (Wildman–Crippen MR) is 187 cm³/mol. The van der Waals surface area contributed by atoms with Crippen molar-refractivity contribution in [1.29, 1.82) is 0 Å². The standard InChI is InChI=1S/C38H42FN5O5/c1-3-4-33(39)49-28-9-6-25(7-10-28)30-22-42-35-36(41-16-13-26-21-38(26,30)35)43-27-8-11-29(23(2)19-27)37(48)44-17-14-24(15-18-44)5-12-32(45)31(40)20-34(46)47/h3,6-11,13,16,19,22,24,26,31,33H,1,4-5,12,14-15,17-18,20-21,40H2,2H3,(H,41,43)(H,46,47)/t26?,31-,33?,38?/m0/s1. The van der Waals surface area contributed by atoms with Gasteiger partial charge in [0.05, 0.1) is 23.6 Å². The Morgan fingerprint density at radius 2 is 1.94 bits per heavy atom. The minimum Gasteiger partial charge on any atom is -0.481 e. The number of amides is 1. The van der Waals surface area contributed by atoms with Gasteiger partial charge in [0.1, 0.15) is 11.5 Å². The molecular formula is C38H42FN5O5. The molecule has 4 aliphatic rings. The van der Waals surface area contributed by atoms with Gasteiger partial charge in [-0.05, 0) is 91.5 Å². The number of carboxylic acid groups (broad SMARTS) is 1. The minimum absolute atomic E-state index is 0.0234. The number of carboxylic acids is 1. The van der Waals surface area contributed by atoms with Gasteiger partial charge in [0.15, 0.2) is 5.84 Å². The number of ether oxygens (including phenoxy) is 1. The number of amidine groups is 1. The summed E-state index contributed by atoms with van der Waals surface area (Å²) in [5, 5.41) is 12.3. The third-order valence-electron chi connectivity index (χ3n) is 10.00. The van der Waals surface area contributed by atoms with Gasteiger partial charge in [-0.15, -0.1) is 6.58 Å². The Kier molecular flexibility index (Phi) is 9.91. The maximum absolute atomic E-state index is 13.9. The fourth-order valence-corrected chi connectivity index (χ4v) is 7.15. The average Bonchev–Trinajstić information content (AvgIpc) is 3.70. The molecule has 0 bridgehead atoms. The second-order valence-electron chi connectivity index (χ2n) is 13.3. The lowest BCUT2D eigenvalue weighted by molar-refractivity contribution is -0.139. The number of aliphatic imine (C=N–C) groups is 2. The lowest BCUT2D eigenvalue weighted by Crippen LogP contribution is -2.39. The van der Waals surface area contributed by atoms with Crippen LogP contribution in [-0.4, -0.2) is 64.7 Å². The number of ketones is 1. The van der Waals surface area contributed by atoms with Crippen LogP contribution in [0, 0.1) is 24.2 Å². The number of hydrogen-bond acceptors (Lipinski definition) is 8. The molecule has 3 aliphatic heterocycles. The van der Waals surface area contributed by atoms with Gasteiger partial charge in [-0.3, -0.25) is 19.4 Å². The largest absolute Gasteiger partial charge is 0.481 e. The molecule has 1 amide bonds. The summed E-state index contributed by atoms with van der Waals surface area (Å²) in [7, 11) is 0. The van der Waals surface area contributed by atoms with Crippen LogP contribution >= 0.6 is 0 Å². The number of aliphatic carboxylic acids is 1. The molecule has 1 saturated heterocycles. The van der Waals surface area contributed by atoms with E-state index >= 15 is 0 Å². The Labute approximate surface area is 285 Å². The molecule has 3 unspecified atom stereocenters. The molecule has 49 heavy (non-hydrogen) atoms. The molecular weight excluding hydrogens is 625 g/mol. The number of hydrogen-bond donors (Lipinski definition) is 3. The summed E-state index contributed by atoms with van der Waals surface area (Å²) in [5.41, 5.74) is 10.7. The van der Waals surface area contributed by atoms with E-state index in [1.54, 1.807) is 12.1 Å². The van der Waals surface area contributed by atoms with Crippen LogP contribution in [0.25, 0.3) is 5.57 Å². The van der Waals surface area contributed by atoms with Gasteiger partial charge in [0, 0.05) is 49.6 Å². The number of anilines is 1. The highest BCUT2D eigenvalue weighted by Gasteiger charge is 2.62. The van der Waals surface area contributed by atoms with Crippen molar-refractivity contribution < 1.29 is 28.6 Å². The topological polar surface area (TPSA) is 147 Å². The van der Waals surface area contributed by atoms with Gasteiger partial charge in [0.25, 0.3) is 5.91 Å². The van der Waals surface area contributed by atoms with E-state index in [1.807, 2.05) is 54.6 Å². The van der Waals surface area contributed by atoms with Crippen LogP contribution in [-0.2, 0) is 9.59 Å². The van der Waals surface area contributed by atoms with E-state index in [-0.39, 0.29) is 42.3 Å². The molecule has 4 atom stereocenters. The number of piperidine rings is 1. The first kappa shape index (κ1) is 34.0. The third-order valence-corrected chi connectivity index (χ3v) is 10.00. The molecule has 1 saturated carbocycles. The molecule has 6 rings (SSSR count). The fraction of sp³-hybridized carbons (Fsp3) is 0.395. The van der Waals surface area contributed by atoms with Crippen molar-refractivity contribution in [2.45, 2.75) is 64.3 Å². The monoisotopic (exact) mass is 667 g/mol. The van der Waals surface area contributed by atoms with Gasteiger partial charge < -0.3 is 25.8 Å². The number of Topliss-reactive ketones (excluding diaryl/α,β-unsaturated/α-hetero) is 1. The minimum atomic E-state index is -1.43. The van der Waals surface area contributed by atoms with E-state index in [0.29, 0.717) is 42.6 Å². The Bertz CT molecular complexity index is 1760. The number of aryl methyl sites for hydroxylation is 1. The van der Waals surface area contributed by atoms with E-state index in [2.05, 4.69) is 18.0 Å². The molecule has 2 aromatic carbocycles. The Hall–Kier alpha value is -4.90. The molecule has 11 heteroatoms. The molecule has 3 heterocycles. The van der Waals surface area contributed by atoms with E-state index in [4.69, 9.17) is 25.6 Å². The third kappa shape index (κ3) is 7.27. The number of nitrogens with one attached hydrogen (secondary N) is 1. The number of allylic oxidation sites excluding steroid dienone is 2. The molecule has 4 N–H and O–H groups in total. The van der Waals surface area contributed by atoms with E-state index in [9.17, 15) is 18.8 Å². The van der Waals surface area contributed by atoms with Crippen LogP contribution in [0.5, 0.6) is 5.75 Å². The Morgan fingerprint density at radius 3 is 2.63 bits per heavy atom. The van der Waals surface area contributed by atoms with Crippen molar-refractivity contribution in [2.75, 3.05) is 18.4 Å². The zero-order valence-corrected chi connectivity index (χ0v) is 27.6. The van der Waals surface area contributed by atoms with Crippen LogP contribution in [0.15, 0.2) is 83.6 Å². The van der Waals surface area contributed by atoms with Crippen molar-refractivity contribution in [3.05, 3.63) is 90.3 Å². The van der Waals surface area contributed by atoms with Crippen molar-refractivity contribution >= 4 is 40.5 Å². The van der Waals surface area contributed by atoms with Crippen LogP contribution < -0.4 is 15.8 Å². The van der Waals surface area contributed by atoms with Gasteiger partial charge in [-0.1, -0.05) is 24.3 Å². The smallest absolute Gasteiger partial charge is 0.305 e. The molecule has 0 aromatic heterocycles. The number of rotatable bonds is 13. The normalized spacial score (nSPS) is 22.4. The highest BCUT2D eigenvalue weighted by atomic mass is 19.1. The van der Waals surface area contributed by atoms with Gasteiger partial charge in [-0.25, -0.2) is 9.38 Å². The maximum Gasteiger partial charge on any atom is 0.305 e. The molecule has 10 nitrogen and oxygen atoms in total. The van der Waals surface area contributed by atoms with Crippen LogP contribution in [0.4, 0.5) is 10.1 Å². The quantitative estimate of drug-likeness (QED) is 0.219. The van der Waals surface area contributed by atoms with Crippen LogP contribution in [0.1, 0.15) is 66.4 Å². The number of carbonyl (C=O) groups is 3. The first-order valence-corrected chi connectivity index (χ1v) is 16.8. The highest BCUT2D eigenvalue weighted by molar-refractivity contribution is 6.51. The van der Waals surface area contributed by atoms with Crippen molar-refractivity contribution in [3.63, 3.8) is 0 Å². The highest BCUT2D eigenvalue weighted by Crippen LogP contribution is 2.65. The summed E-state index contributed by atoms with van der Waals surface area (Å²) >= 11 is 0. The number of carbonyl (C=O) groups excluding carboxylic acids is 2. The first-order chi connectivity index (χ1) is 23.6. The molecule has 2 fully saturated rings. The summed E-state index contributed by atoms with van der Waals surface area (Å²) in [6.45, 7) is 6.68. The number of benzene rings is 2. The SMILES string of the molecule is C=CCC(F)Oc1ccc(C2=CN=C3C(Nc4ccc(C(=O)N5CCC(CCC(=O)[C@@H](N)CC(=O)O)CC5)c(C)c4)=NC=CC4CC234)cc1. The Morgan fingerprint density at radius 1 is 1.18 bits per heavy atom. The van der Waals surface area contributed by atoms with E-state index in [0.717, 1.165) is 47.4 Å². The summed E-state index contributed by atoms with van der Waals surface area (Å²) in [5.74, 6) is 0.349. The Balaban J connectivity index is 1.05. The first-order valence-electron chi connectivity index (χ1n) is 16.8. The van der Waals surface area contributed by atoms with Gasteiger partial charge >= 0.3 is 5.97 Å². The zero-order chi connectivity index (χ0) is 34.7. The summed E-state index contributed by atoms with van der Waals surface area (Å²) in [6.07, 6.45) is 9.05. The number of nitrogens with two attached hydrogens (primary N) is 1. The molecule has 1 spiro atoms. The number of likely N-dealkylation sites (tertiary alicyclic amines) is 1. The lowest BCUT2D eigenvalue weighted by atomic mass is 9.85. The van der Waals surface area contributed by atoms with Crippen molar-refractivity contribution in [3.8, 4) is 5.75 Å². The second-order valence-corrected chi connectivity index (χ2v) is 13.3. The summed E-state index contributed by atoms with van der Waals surface area (Å²) in [6, 6.07) is 12.1. The second kappa shape index (κ2) is 14.3. The van der Waals surface area contributed by atoms with Crippen molar-refractivity contribution in [1.82, 2.24) is 4.90 Å². The fourth-order valence-electron chi connectivity index (χ4n) is 7.15. The van der Waals surface area contributed by atoms with Gasteiger partial charge in [0.2, 0.25) is 6.36 Å². The molecule has 0 radical (unpaired) electrons. The van der Waals surface area contributed by atoms with Gasteiger partial charge in [-0.2, -0.15) is 0 Å². The maximum atomic E-state index is 13.9. The summed E-state index contributed by atoms with van der Waals surface area (Å²) < 4.78 is 19.3. The average molecular weight is 668 g/mol. The zero-order valence-electron chi connectivity index (χ0n) is 27.6. The van der Waals surface area contributed by atoms with Crippen LogP contribution in [0.2, 0.25) is 0 Å². The molecule has 1 aliphatic carbocycles. The van der Waals surface area contributed by atoms with Crippen LogP contribution in [0.3, 0.4) is 0 Å².